The van der Waals surface area contributed by atoms with Gasteiger partial charge in [0.1, 0.15) is 0 Å². The van der Waals surface area contributed by atoms with Crippen molar-refractivity contribution >= 4 is 11.3 Å². The van der Waals surface area contributed by atoms with Gasteiger partial charge in [-0.3, -0.25) is 0 Å². The highest BCUT2D eigenvalue weighted by molar-refractivity contribution is 7.09. The molecule has 1 heterocycles. The zero-order chi connectivity index (χ0) is 12.0. The van der Waals surface area contributed by atoms with Crippen LogP contribution < -0.4 is 5.32 Å². The van der Waals surface area contributed by atoms with Gasteiger partial charge in [-0.25, -0.2) is 4.98 Å². The van der Waals surface area contributed by atoms with Crippen LogP contribution in [-0.4, -0.2) is 22.7 Å². The van der Waals surface area contributed by atoms with Crippen molar-refractivity contribution in [1.82, 2.24) is 10.3 Å². The van der Waals surface area contributed by atoms with Crippen LogP contribution >= 0.6 is 11.3 Å². The maximum absolute atomic E-state index is 9.38. The number of hydrogen-bond donors (Lipinski definition) is 2. The molecule has 2 N–H and O–H groups in total. The third-order valence-electron chi connectivity index (χ3n) is 2.50. The molecule has 0 aliphatic carbocycles. The summed E-state index contributed by atoms with van der Waals surface area (Å²) in [6, 6.07) is 0. The Kier molecular flexibility index (Phi) is 5.95. The summed E-state index contributed by atoms with van der Waals surface area (Å²) < 4.78 is 0. The molecule has 16 heavy (non-hydrogen) atoms. The number of thiazole rings is 1. The Balaban J connectivity index is 2.21. The van der Waals surface area contributed by atoms with E-state index in [9.17, 15) is 5.11 Å². The van der Waals surface area contributed by atoms with Gasteiger partial charge in [-0.2, -0.15) is 0 Å². The Morgan fingerprint density at radius 2 is 2.25 bits per heavy atom. The van der Waals surface area contributed by atoms with E-state index in [0.29, 0.717) is 5.92 Å². The van der Waals surface area contributed by atoms with E-state index >= 15 is 0 Å². The average molecular weight is 242 g/mol. The molecule has 1 atom stereocenters. The van der Waals surface area contributed by atoms with Crippen molar-refractivity contribution in [1.29, 1.82) is 0 Å². The van der Waals surface area contributed by atoms with Crippen LogP contribution in [0.3, 0.4) is 0 Å². The molecule has 0 fully saturated rings. The normalized spacial score (nSPS) is 13.3. The van der Waals surface area contributed by atoms with Crippen molar-refractivity contribution in [2.75, 3.05) is 6.54 Å². The third-order valence-corrected chi connectivity index (χ3v) is 3.69. The number of rotatable bonds is 7. The summed E-state index contributed by atoms with van der Waals surface area (Å²) in [5.74, 6) is 0.515. The van der Waals surface area contributed by atoms with Crippen LogP contribution in [0, 0.1) is 0 Å². The molecule has 3 nitrogen and oxygen atoms in total. The highest BCUT2D eigenvalue weighted by atomic mass is 32.1. The Labute approximate surface area is 102 Å². The lowest BCUT2D eigenvalue weighted by molar-refractivity contribution is 0.159. The van der Waals surface area contributed by atoms with Crippen LogP contribution in [0.25, 0.3) is 0 Å². The monoisotopic (exact) mass is 242 g/mol. The molecule has 0 radical (unpaired) electrons. The molecule has 92 valence electrons. The largest absolute Gasteiger partial charge is 0.393 e. The lowest BCUT2D eigenvalue weighted by Gasteiger charge is -2.07. The van der Waals surface area contributed by atoms with Gasteiger partial charge in [0.2, 0.25) is 0 Å². The molecule has 1 unspecified atom stereocenters. The topological polar surface area (TPSA) is 45.1 Å². The molecule has 0 spiro atoms. The minimum Gasteiger partial charge on any atom is -0.393 e. The minimum atomic E-state index is -0.172. The van der Waals surface area contributed by atoms with E-state index in [1.807, 2.05) is 6.92 Å². The number of nitrogens with zero attached hydrogens (tertiary/aromatic N) is 1. The highest BCUT2D eigenvalue weighted by Gasteiger charge is 2.05. The van der Waals surface area contributed by atoms with Crippen molar-refractivity contribution in [3.8, 4) is 0 Å². The molecule has 1 aromatic rings. The Morgan fingerprint density at radius 1 is 1.50 bits per heavy atom. The second kappa shape index (κ2) is 6.99. The predicted octanol–water partition coefficient (Wildman–Crippen LogP) is 2.52. The number of aliphatic hydroxyl groups is 1. The summed E-state index contributed by atoms with van der Waals surface area (Å²) in [6.45, 7) is 7.98. The first-order valence-corrected chi connectivity index (χ1v) is 6.84. The molecule has 0 bridgehead atoms. The van der Waals surface area contributed by atoms with Crippen LogP contribution in [0.15, 0.2) is 5.38 Å². The van der Waals surface area contributed by atoms with Crippen molar-refractivity contribution in [3.05, 3.63) is 16.1 Å². The number of hydrogen-bond acceptors (Lipinski definition) is 4. The summed E-state index contributed by atoms with van der Waals surface area (Å²) >= 11 is 1.73. The molecule has 0 saturated carbocycles. The Morgan fingerprint density at radius 3 is 2.81 bits per heavy atom. The van der Waals surface area contributed by atoms with E-state index in [2.05, 4.69) is 29.5 Å². The van der Waals surface area contributed by atoms with Gasteiger partial charge in [0.15, 0.2) is 0 Å². The first-order chi connectivity index (χ1) is 7.63. The van der Waals surface area contributed by atoms with Crippen LogP contribution in [0.1, 0.15) is 50.2 Å². The lowest BCUT2D eigenvalue weighted by atomic mass is 10.2. The van der Waals surface area contributed by atoms with E-state index in [1.165, 1.54) is 5.01 Å². The summed E-state index contributed by atoms with van der Waals surface area (Å²) in [5, 5.41) is 16.0. The second-order valence-electron chi connectivity index (χ2n) is 4.36. The van der Waals surface area contributed by atoms with Crippen LogP contribution in [0.2, 0.25) is 0 Å². The molecule has 0 aromatic carbocycles. The van der Waals surface area contributed by atoms with Crippen molar-refractivity contribution in [2.45, 2.75) is 52.2 Å². The van der Waals surface area contributed by atoms with Crippen LogP contribution in [-0.2, 0) is 6.54 Å². The van der Waals surface area contributed by atoms with Gasteiger partial charge in [0.25, 0.3) is 0 Å². The van der Waals surface area contributed by atoms with Gasteiger partial charge in [-0.05, 0) is 19.4 Å². The fourth-order valence-corrected chi connectivity index (χ4v) is 2.19. The van der Waals surface area contributed by atoms with Gasteiger partial charge in [0.05, 0.1) is 16.8 Å². The summed E-state index contributed by atoms with van der Waals surface area (Å²) in [7, 11) is 0. The summed E-state index contributed by atoms with van der Waals surface area (Å²) in [4.78, 5) is 4.54. The summed E-state index contributed by atoms with van der Waals surface area (Å²) in [5.41, 5.74) is 1.11. The first kappa shape index (κ1) is 13.6. The maximum Gasteiger partial charge on any atom is 0.0954 e. The quantitative estimate of drug-likeness (QED) is 0.722. The van der Waals surface area contributed by atoms with Crippen LogP contribution in [0.4, 0.5) is 0 Å². The van der Waals surface area contributed by atoms with Gasteiger partial charge < -0.3 is 10.4 Å². The zero-order valence-electron chi connectivity index (χ0n) is 10.4. The first-order valence-electron chi connectivity index (χ1n) is 5.96. The molecule has 0 amide bonds. The van der Waals surface area contributed by atoms with Gasteiger partial charge in [-0.15, -0.1) is 11.3 Å². The van der Waals surface area contributed by atoms with Crippen LogP contribution in [0.5, 0.6) is 0 Å². The smallest absolute Gasteiger partial charge is 0.0954 e. The SMILES string of the molecule is CCC(O)CCNCc1csc(C(C)C)n1. The van der Waals surface area contributed by atoms with E-state index < -0.39 is 0 Å². The standard InChI is InChI=1S/C12H22N2OS/c1-4-11(15)5-6-13-7-10-8-16-12(14-10)9(2)3/h8-9,11,13,15H,4-7H2,1-3H3. The molecule has 0 aliphatic heterocycles. The van der Waals surface area contributed by atoms with E-state index in [-0.39, 0.29) is 6.10 Å². The molecule has 0 aliphatic rings. The van der Waals surface area contributed by atoms with Crippen molar-refractivity contribution in [3.63, 3.8) is 0 Å². The minimum absolute atomic E-state index is 0.172. The predicted molar refractivity (Wildman–Crippen MR) is 68.8 cm³/mol. The third kappa shape index (κ3) is 4.60. The Hall–Kier alpha value is -0.450. The number of aromatic nitrogens is 1. The van der Waals surface area contributed by atoms with E-state index in [0.717, 1.165) is 31.6 Å². The fraction of sp³-hybridized carbons (Fsp3) is 0.750. The zero-order valence-corrected chi connectivity index (χ0v) is 11.2. The molecule has 1 rings (SSSR count). The number of nitrogens with one attached hydrogen (secondary N) is 1. The summed E-state index contributed by atoms with van der Waals surface area (Å²) in [6.07, 6.45) is 1.47. The molecular formula is C12H22N2OS. The number of aliphatic hydroxyl groups excluding tert-OH is 1. The average Bonchev–Trinajstić information content (AvgIpc) is 2.72. The highest BCUT2D eigenvalue weighted by Crippen LogP contribution is 2.18. The molecule has 1 aromatic heterocycles. The molecule has 4 heteroatoms. The fourth-order valence-electron chi connectivity index (χ4n) is 1.36. The second-order valence-corrected chi connectivity index (χ2v) is 5.25. The van der Waals surface area contributed by atoms with Gasteiger partial charge >= 0.3 is 0 Å². The van der Waals surface area contributed by atoms with E-state index in [4.69, 9.17) is 0 Å². The van der Waals surface area contributed by atoms with Gasteiger partial charge in [0, 0.05) is 17.8 Å². The maximum atomic E-state index is 9.38. The lowest BCUT2D eigenvalue weighted by Crippen LogP contribution is -2.19. The van der Waals surface area contributed by atoms with E-state index in [1.54, 1.807) is 11.3 Å². The Bertz CT molecular complexity index is 299. The molecule has 0 saturated heterocycles. The van der Waals surface area contributed by atoms with Gasteiger partial charge in [-0.1, -0.05) is 20.8 Å². The van der Waals surface area contributed by atoms with Crippen molar-refractivity contribution < 1.29 is 5.11 Å². The van der Waals surface area contributed by atoms with Crippen molar-refractivity contribution in [2.24, 2.45) is 0 Å². The molecular weight excluding hydrogens is 220 g/mol.